The Morgan fingerprint density at radius 1 is 0.397 bits per heavy atom. The van der Waals surface area contributed by atoms with E-state index in [0.29, 0.717) is 11.1 Å². The Morgan fingerprint density at radius 2 is 0.741 bits per heavy atom. The Balaban J connectivity index is 1.53. The van der Waals surface area contributed by atoms with Crippen LogP contribution in [0, 0.1) is 36.5 Å². The molecule has 282 valence electrons. The van der Waals surface area contributed by atoms with E-state index in [2.05, 4.69) is 81.9 Å². The number of rotatable bonds is 8. The van der Waals surface area contributed by atoms with Crippen LogP contribution in [0.4, 0.5) is 0 Å². The van der Waals surface area contributed by atoms with Crippen molar-refractivity contribution in [3.63, 3.8) is 0 Å². The lowest BCUT2D eigenvalue weighted by atomic mass is 9.89. The van der Waals surface area contributed by atoms with Crippen molar-refractivity contribution in [3.8, 4) is 68.8 Å². The van der Waals surface area contributed by atoms with Crippen molar-refractivity contribution in [1.29, 1.82) is 10.5 Å². The maximum atomic E-state index is 9.96. The van der Waals surface area contributed by atoms with E-state index >= 15 is 0 Å². The van der Waals surface area contributed by atoms with Crippen molar-refractivity contribution in [2.45, 2.75) is 13.8 Å². The van der Waals surface area contributed by atoms with Gasteiger partial charge in [-0.2, -0.15) is 10.5 Å². The van der Waals surface area contributed by atoms with Crippen LogP contribution in [0.25, 0.3) is 77.2 Å². The van der Waals surface area contributed by atoms with E-state index in [4.69, 9.17) is 18.9 Å². The van der Waals surface area contributed by atoms with E-state index in [1.165, 1.54) is 0 Å². The third-order valence-electron chi connectivity index (χ3n) is 11.2. The first-order valence-corrected chi connectivity index (χ1v) is 18.8. The van der Waals surface area contributed by atoms with Crippen molar-refractivity contribution in [3.05, 3.63) is 144 Å². The van der Waals surface area contributed by atoms with Gasteiger partial charge in [0.2, 0.25) is 0 Å². The predicted molar refractivity (Wildman–Crippen MR) is 231 cm³/mol. The highest BCUT2D eigenvalue weighted by Gasteiger charge is 2.25. The molecule has 9 aromatic rings. The summed E-state index contributed by atoms with van der Waals surface area (Å²) in [5.41, 5.74) is 12.5. The average Bonchev–Trinajstić information content (AvgIpc) is 3.76. The number of nitrogens with zero attached hydrogens (tertiary/aromatic N) is 4. The van der Waals surface area contributed by atoms with Gasteiger partial charge in [-0.1, -0.05) is 12.1 Å². The van der Waals surface area contributed by atoms with E-state index in [1.54, 1.807) is 28.4 Å². The standard InChI is InChI=1S/C50H38N4O4/c1-29-19-31(27-51)7-13-38(29)44-21-33(53-46-23-34(55-3)9-15-40(46)41-16-10-35(56-4)24-47(41)53)22-45(39-14-8-32(28-52)20-30(39)2)50(44)54-48-25-36(57-5)11-17-42(48)43-18-12-37(58-6)26-49(43)54/h7-26H,1-6H3. The van der Waals surface area contributed by atoms with Crippen LogP contribution < -0.4 is 18.9 Å². The molecule has 0 saturated carbocycles. The van der Waals surface area contributed by atoms with Gasteiger partial charge in [0.1, 0.15) is 23.0 Å². The fourth-order valence-electron chi connectivity index (χ4n) is 8.45. The number of aryl methyl sites for hydroxylation is 2. The molecule has 0 aliphatic carbocycles. The molecule has 0 N–H and O–H groups in total. The van der Waals surface area contributed by atoms with Gasteiger partial charge in [0.05, 0.1) is 79.5 Å². The fourth-order valence-corrected chi connectivity index (χ4v) is 8.45. The second-order valence-electron chi connectivity index (χ2n) is 14.4. The molecule has 9 rings (SSSR count). The first-order valence-electron chi connectivity index (χ1n) is 18.8. The van der Waals surface area contributed by atoms with E-state index in [-0.39, 0.29) is 0 Å². The van der Waals surface area contributed by atoms with E-state index < -0.39 is 0 Å². The van der Waals surface area contributed by atoms with E-state index in [9.17, 15) is 10.5 Å². The monoisotopic (exact) mass is 758 g/mol. The van der Waals surface area contributed by atoms with Gasteiger partial charge in [0.25, 0.3) is 0 Å². The smallest absolute Gasteiger partial charge is 0.120 e. The Bertz CT molecular complexity index is 3020. The molecule has 0 atom stereocenters. The predicted octanol–water partition coefficient (Wildman–Crippen LogP) is 11.6. The minimum atomic E-state index is 0.579. The van der Waals surface area contributed by atoms with Crippen LogP contribution in [0.1, 0.15) is 22.3 Å². The molecule has 2 heterocycles. The summed E-state index contributed by atoms with van der Waals surface area (Å²) in [6, 6.07) is 45.5. The Hall–Kier alpha value is -7.68. The molecule has 0 amide bonds. The number of methoxy groups -OCH3 is 4. The molecule has 0 aliphatic heterocycles. The van der Waals surface area contributed by atoms with Gasteiger partial charge in [-0.25, -0.2) is 0 Å². The number of ether oxygens (including phenoxy) is 4. The van der Waals surface area contributed by atoms with Crippen LogP contribution >= 0.6 is 0 Å². The minimum Gasteiger partial charge on any atom is -0.497 e. The zero-order valence-corrected chi connectivity index (χ0v) is 33.0. The lowest BCUT2D eigenvalue weighted by Gasteiger charge is -2.24. The van der Waals surface area contributed by atoms with Gasteiger partial charge < -0.3 is 28.1 Å². The number of hydrogen-bond donors (Lipinski definition) is 0. The van der Waals surface area contributed by atoms with Crippen molar-refractivity contribution < 1.29 is 18.9 Å². The van der Waals surface area contributed by atoms with Gasteiger partial charge >= 0.3 is 0 Å². The molecular formula is C50H38N4O4. The molecule has 0 aliphatic rings. The van der Waals surface area contributed by atoms with Gasteiger partial charge in [-0.3, -0.25) is 0 Å². The zero-order chi connectivity index (χ0) is 40.2. The number of benzene rings is 7. The molecule has 58 heavy (non-hydrogen) atoms. The minimum absolute atomic E-state index is 0.579. The van der Waals surface area contributed by atoms with Crippen LogP contribution in [0.5, 0.6) is 23.0 Å². The van der Waals surface area contributed by atoms with Crippen molar-refractivity contribution >= 4 is 43.6 Å². The molecule has 0 radical (unpaired) electrons. The van der Waals surface area contributed by atoms with E-state index in [1.807, 2.05) is 74.5 Å². The van der Waals surface area contributed by atoms with Gasteiger partial charge in [-0.05, 0) is 121 Å². The van der Waals surface area contributed by atoms with Crippen LogP contribution in [-0.4, -0.2) is 37.6 Å². The summed E-state index contributed by atoms with van der Waals surface area (Å²) < 4.78 is 27.8. The zero-order valence-electron chi connectivity index (χ0n) is 33.0. The largest absolute Gasteiger partial charge is 0.497 e. The Labute approximate surface area is 335 Å². The topological polar surface area (TPSA) is 94.4 Å². The molecule has 2 aromatic heterocycles. The van der Waals surface area contributed by atoms with Crippen molar-refractivity contribution in [2.24, 2.45) is 0 Å². The Kier molecular flexibility index (Phi) is 8.76. The van der Waals surface area contributed by atoms with Gasteiger partial charge in [0, 0.05) is 62.6 Å². The molecular weight excluding hydrogens is 721 g/mol. The summed E-state index contributed by atoms with van der Waals surface area (Å²) >= 11 is 0. The molecule has 0 spiro atoms. The van der Waals surface area contributed by atoms with Gasteiger partial charge in [-0.15, -0.1) is 0 Å². The summed E-state index contributed by atoms with van der Waals surface area (Å²) in [5, 5.41) is 24.2. The lowest BCUT2D eigenvalue weighted by Crippen LogP contribution is -2.05. The van der Waals surface area contributed by atoms with Crippen LogP contribution in [-0.2, 0) is 0 Å². The van der Waals surface area contributed by atoms with Crippen molar-refractivity contribution in [1.82, 2.24) is 9.13 Å². The number of hydrogen-bond acceptors (Lipinski definition) is 6. The van der Waals surface area contributed by atoms with Crippen LogP contribution in [0.15, 0.2) is 121 Å². The highest BCUT2D eigenvalue weighted by atomic mass is 16.5. The second kappa shape index (κ2) is 14.1. The maximum Gasteiger partial charge on any atom is 0.120 e. The van der Waals surface area contributed by atoms with E-state index in [0.717, 1.165) is 111 Å². The highest BCUT2D eigenvalue weighted by molar-refractivity contribution is 6.13. The summed E-state index contributed by atoms with van der Waals surface area (Å²) in [7, 11) is 6.72. The molecule has 0 bridgehead atoms. The van der Waals surface area contributed by atoms with Crippen LogP contribution in [0.3, 0.4) is 0 Å². The third-order valence-corrected chi connectivity index (χ3v) is 11.2. The summed E-state index contributed by atoms with van der Waals surface area (Å²) in [5.74, 6) is 2.92. The fraction of sp³-hybridized carbons (Fsp3) is 0.120. The molecule has 7 aromatic carbocycles. The summed E-state index contributed by atoms with van der Waals surface area (Å²) in [6.45, 7) is 4.10. The number of nitriles is 2. The first kappa shape index (κ1) is 36.0. The molecule has 8 nitrogen and oxygen atoms in total. The normalized spacial score (nSPS) is 11.2. The maximum absolute atomic E-state index is 9.96. The summed E-state index contributed by atoms with van der Waals surface area (Å²) in [6.07, 6.45) is 0. The summed E-state index contributed by atoms with van der Waals surface area (Å²) in [4.78, 5) is 0. The second-order valence-corrected chi connectivity index (χ2v) is 14.4. The van der Waals surface area contributed by atoms with Crippen molar-refractivity contribution in [2.75, 3.05) is 28.4 Å². The SMILES string of the molecule is COc1ccc2c3ccc(OC)cc3n(-c3cc(-c4ccc(C#N)cc4C)c(-n4c5cc(OC)ccc5c5ccc(OC)cc54)c(-c4ccc(C#N)cc4C)c3)c2c1. The molecule has 0 unspecified atom stereocenters. The Morgan fingerprint density at radius 3 is 1.05 bits per heavy atom. The highest BCUT2D eigenvalue weighted by Crippen LogP contribution is 2.47. The first-order chi connectivity index (χ1) is 28.3. The quantitative estimate of drug-likeness (QED) is 0.153. The van der Waals surface area contributed by atoms with Gasteiger partial charge in [0.15, 0.2) is 0 Å². The number of fused-ring (bicyclic) bond motifs is 6. The average molecular weight is 759 g/mol. The molecule has 0 saturated heterocycles. The molecule has 8 heteroatoms. The third kappa shape index (κ3) is 5.66. The number of aromatic nitrogens is 2. The lowest BCUT2D eigenvalue weighted by molar-refractivity contribution is 0.415. The van der Waals surface area contributed by atoms with Crippen LogP contribution in [0.2, 0.25) is 0 Å². The molecule has 0 fully saturated rings.